The highest BCUT2D eigenvalue weighted by Crippen LogP contribution is 2.31. The summed E-state index contributed by atoms with van der Waals surface area (Å²) in [4.78, 5) is 30.6. The van der Waals surface area contributed by atoms with Crippen LogP contribution >= 0.6 is 11.8 Å². The summed E-state index contributed by atoms with van der Waals surface area (Å²) in [5.41, 5.74) is 2.27. The van der Waals surface area contributed by atoms with E-state index < -0.39 is 0 Å². The fraction of sp³-hybridized carbons (Fsp3) is 0.192. The van der Waals surface area contributed by atoms with E-state index >= 15 is 0 Å². The van der Waals surface area contributed by atoms with Crippen LogP contribution in [0.5, 0.6) is 11.5 Å². The van der Waals surface area contributed by atoms with Crippen LogP contribution in [0.3, 0.4) is 0 Å². The Morgan fingerprint density at radius 2 is 1.79 bits per heavy atom. The molecule has 2 heterocycles. The van der Waals surface area contributed by atoms with E-state index in [2.05, 4.69) is 10.3 Å². The molecule has 0 saturated carbocycles. The summed E-state index contributed by atoms with van der Waals surface area (Å²) < 4.78 is 13.5. The van der Waals surface area contributed by atoms with Gasteiger partial charge in [0.1, 0.15) is 6.61 Å². The number of benzene rings is 3. The van der Waals surface area contributed by atoms with Gasteiger partial charge in [-0.05, 0) is 43.3 Å². The Bertz CT molecular complexity index is 1400. The second-order valence-electron chi connectivity index (χ2n) is 8.03. The number of thioether (sulfide) groups is 1. The number of para-hydroxylation sites is 3. The maximum atomic E-state index is 13.3. The number of ether oxygens (including phenoxy) is 2. The average molecular weight is 474 g/mol. The Morgan fingerprint density at radius 3 is 2.62 bits per heavy atom. The number of aromatic nitrogens is 2. The maximum Gasteiger partial charge on any atom is 0.262 e. The number of rotatable bonds is 6. The van der Waals surface area contributed by atoms with Gasteiger partial charge in [0.25, 0.3) is 5.56 Å². The molecule has 34 heavy (non-hydrogen) atoms. The van der Waals surface area contributed by atoms with E-state index in [9.17, 15) is 9.59 Å². The lowest BCUT2D eigenvalue weighted by atomic mass is 10.2. The van der Waals surface area contributed by atoms with Gasteiger partial charge in [0.15, 0.2) is 22.8 Å². The fourth-order valence-electron chi connectivity index (χ4n) is 3.74. The van der Waals surface area contributed by atoms with Crippen LogP contribution in [0.25, 0.3) is 10.9 Å². The van der Waals surface area contributed by atoms with Crippen LogP contribution in [0.4, 0.5) is 5.69 Å². The van der Waals surface area contributed by atoms with Gasteiger partial charge in [-0.15, -0.1) is 0 Å². The normalized spacial score (nSPS) is 14.7. The quantitative estimate of drug-likeness (QED) is 0.333. The SMILES string of the molecule is Cc1ccc(NC(=O)CSc2nc3ccccc3c(=O)n2C[C@@H]2COc3ccccc3O2)cc1. The number of anilines is 1. The molecule has 1 aromatic heterocycles. The molecule has 4 aromatic rings. The third-order valence-corrected chi connectivity index (χ3v) is 6.42. The number of hydrogen-bond acceptors (Lipinski definition) is 6. The first-order valence-electron chi connectivity index (χ1n) is 10.9. The zero-order chi connectivity index (χ0) is 23.5. The molecule has 8 heteroatoms. The average Bonchev–Trinajstić information content (AvgIpc) is 2.86. The lowest BCUT2D eigenvalue weighted by Gasteiger charge is -2.27. The molecule has 3 aromatic carbocycles. The highest BCUT2D eigenvalue weighted by Gasteiger charge is 2.24. The Morgan fingerprint density at radius 1 is 1.06 bits per heavy atom. The van der Waals surface area contributed by atoms with Gasteiger partial charge in [-0.1, -0.05) is 53.7 Å². The van der Waals surface area contributed by atoms with Gasteiger partial charge >= 0.3 is 0 Å². The molecule has 0 bridgehead atoms. The van der Waals surface area contributed by atoms with Crippen LogP contribution in [0, 0.1) is 6.92 Å². The summed E-state index contributed by atoms with van der Waals surface area (Å²) in [6, 6.07) is 22.3. The van der Waals surface area contributed by atoms with Gasteiger partial charge in [-0.25, -0.2) is 4.98 Å². The van der Waals surface area contributed by atoms with Gasteiger partial charge in [0.05, 0.1) is 23.2 Å². The number of nitrogens with one attached hydrogen (secondary N) is 1. The van der Waals surface area contributed by atoms with E-state index in [4.69, 9.17) is 9.47 Å². The molecule has 0 saturated heterocycles. The first-order chi connectivity index (χ1) is 16.6. The van der Waals surface area contributed by atoms with E-state index in [1.54, 1.807) is 16.7 Å². The minimum absolute atomic E-state index is 0.115. The van der Waals surface area contributed by atoms with Gasteiger partial charge < -0.3 is 14.8 Å². The molecule has 172 valence electrons. The number of fused-ring (bicyclic) bond motifs is 2. The molecule has 5 rings (SSSR count). The summed E-state index contributed by atoms with van der Waals surface area (Å²) in [6.45, 7) is 2.56. The Labute approximate surface area is 200 Å². The molecule has 1 aliphatic heterocycles. The summed E-state index contributed by atoms with van der Waals surface area (Å²) >= 11 is 1.22. The molecule has 0 radical (unpaired) electrons. The van der Waals surface area contributed by atoms with Crippen molar-refractivity contribution in [3.63, 3.8) is 0 Å². The second kappa shape index (κ2) is 9.61. The molecule has 1 amide bonds. The molecule has 1 N–H and O–H groups in total. The topological polar surface area (TPSA) is 82.5 Å². The van der Waals surface area contributed by atoms with Crippen molar-refractivity contribution in [2.45, 2.75) is 24.7 Å². The highest BCUT2D eigenvalue weighted by molar-refractivity contribution is 7.99. The lowest BCUT2D eigenvalue weighted by molar-refractivity contribution is -0.113. The number of nitrogens with zero attached hydrogens (tertiary/aromatic N) is 2. The molecule has 1 atom stereocenters. The Kier molecular flexibility index (Phi) is 6.22. The van der Waals surface area contributed by atoms with Crippen molar-refractivity contribution in [2.24, 2.45) is 0 Å². The fourth-order valence-corrected chi connectivity index (χ4v) is 4.55. The summed E-state index contributed by atoms with van der Waals surface area (Å²) in [5, 5.41) is 3.87. The molecule has 0 fully saturated rings. The van der Waals surface area contributed by atoms with E-state index in [0.717, 1.165) is 11.3 Å². The Balaban J connectivity index is 1.38. The number of carbonyl (C=O) groups excluding carboxylic acids is 1. The van der Waals surface area contributed by atoms with E-state index in [1.807, 2.05) is 67.6 Å². The molecule has 7 nitrogen and oxygen atoms in total. The first kappa shape index (κ1) is 22.0. The van der Waals surface area contributed by atoms with Gasteiger partial charge in [-0.3, -0.25) is 14.2 Å². The first-order valence-corrected chi connectivity index (χ1v) is 11.9. The van der Waals surface area contributed by atoms with E-state index in [0.29, 0.717) is 34.2 Å². The molecule has 1 aliphatic rings. The zero-order valence-corrected chi connectivity index (χ0v) is 19.4. The number of aryl methyl sites for hydroxylation is 1. The molecule has 0 spiro atoms. The molecule has 0 aliphatic carbocycles. The monoisotopic (exact) mass is 473 g/mol. The second-order valence-corrected chi connectivity index (χ2v) is 8.97. The molecular weight excluding hydrogens is 450 g/mol. The minimum Gasteiger partial charge on any atom is -0.486 e. The standard InChI is InChI=1S/C26H23N3O4S/c1-17-10-12-18(13-11-17)27-24(30)16-34-26-28-21-7-3-2-6-20(21)25(31)29(26)14-19-15-32-22-8-4-5-9-23(22)33-19/h2-13,19H,14-16H2,1H3,(H,27,30)/t19-/m1/s1. The van der Waals surface area contributed by atoms with Crippen LogP contribution in [0.1, 0.15) is 5.56 Å². The third-order valence-electron chi connectivity index (χ3n) is 5.45. The van der Waals surface area contributed by atoms with Crippen LogP contribution in [-0.2, 0) is 11.3 Å². The maximum absolute atomic E-state index is 13.3. The van der Waals surface area contributed by atoms with Crippen molar-refractivity contribution in [3.8, 4) is 11.5 Å². The Hall–Kier alpha value is -3.78. The van der Waals surface area contributed by atoms with Crippen LogP contribution < -0.4 is 20.3 Å². The summed E-state index contributed by atoms with van der Waals surface area (Å²) in [6.07, 6.45) is -0.365. The largest absolute Gasteiger partial charge is 0.486 e. The van der Waals surface area contributed by atoms with Crippen molar-refractivity contribution in [1.82, 2.24) is 9.55 Å². The van der Waals surface area contributed by atoms with Crippen LogP contribution in [0.15, 0.2) is 82.7 Å². The smallest absolute Gasteiger partial charge is 0.262 e. The highest BCUT2D eigenvalue weighted by atomic mass is 32.2. The predicted molar refractivity (Wildman–Crippen MR) is 133 cm³/mol. The summed E-state index contributed by atoms with van der Waals surface area (Å²) in [5.74, 6) is 1.27. The van der Waals surface area contributed by atoms with Gasteiger partial charge in [-0.2, -0.15) is 0 Å². The van der Waals surface area contributed by atoms with Crippen molar-refractivity contribution in [3.05, 3.63) is 88.7 Å². The van der Waals surface area contributed by atoms with Crippen molar-refractivity contribution < 1.29 is 14.3 Å². The number of carbonyl (C=O) groups is 1. The molecular formula is C26H23N3O4S. The number of amides is 1. The molecule has 0 unspecified atom stereocenters. The lowest BCUT2D eigenvalue weighted by Crippen LogP contribution is -2.37. The van der Waals surface area contributed by atoms with Gasteiger partial charge in [0.2, 0.25) is 5.91 Å². The van der Waals surface area contributed by atoms with Crippen molar-refractivity contribution in [1.29, 1.82) is 0 Å². The predicted octanol–water partition coefficient (Wildman–Crippen LogP) is 4.28. The zero-order valence-electron chi connectivity index (χ0n) is 18.6. The number of hydrogen-bond donors (Lipinski definition) is 1. The van der Waals surface area contributed by atoms with Crippen molar-refractivity contribution in [2.75, 3.05) is 17.7 Å². The van der Waals surface area contributed by atoms with Crippen LogP contribution in [-0.4, -0.2) is 33.9 Å². The van der Waals surface area contributed by atoms with Crippen molar-refractivity contribution >= 4 is 34.3 Å². The summed E-state index contributed by atoms with van der Waals surface area (Å²) in [7, 11) is 0. The third kappa shape index (κ3) is 4.77. The van der Waals surface area contributed by atoms with E-state index in [1.165, 1.54) is 11.8 Å². The van der Waals surface area contributed by atoms with Gasteiger partial charge in [0, 0.05) is 5.69 Å². The van der Waals surface area contributed by atoms with Crippen LogP contribution in [0.2, 0.25) is 0 Å². The minimum atomic E-state index is -0.365. The van der Waals surface area contributed by atoms with E-state index in [-0.39, 0.29) is 29.9 Å².